The summed E-state index contributed by atoms with van der Waals surface area (Å²) in [6, 6.07) is 16.0. The van der Waals surface area contributed by atoms with Crippen molar-refractivity contribution in [3.63, 3.8) is 0 Å². The predicted molar refractivity (Wildman–Crippen MR) is 117 cm³/mol. The third-order valence-corrected chi connectivity index (χ3v) is 5.73. The third kappa shape index (κ3) is 3.57. The van der Waals surface area contributed by atoms with E-state index in [1.54, 1.807) is 44.6 Å². The minimum atomic E-state index is -0.385. The maximum absolute atomic E-state index is 13.0. The fraction of sp³-hybridized carbons (Fsp3) is 0.0909. The maximum atomic E-state index is 13.0. The van der Waals surface area contributed by atoms with Crippen LogP contribution in [0.5, 0.6) is 11.5 Å². The number of amides is 2. The van der Waals surface area contributed by atoms with Gasteiger partial charge in [-0.15, -0.1) is 0 Å². The number of nitrogens with zero attached hydrogens (tertiary/aromatic N) is 1. The summed E-state index contributed by atoms with van der Waals surface area (Å²) in [7, 11) is 3.16. The number of hydrogen-bond donors (Lipinski definition) is 0. The van der Waals surface area contributed by atoms with Crippen molar-refractivity contribution < 1.29 is 19.1 Å². The molecule has 0 atom stereocenters. The largest absolute Gasteiger partial charge is 0.497 e. The van der Waals surface area contributed by atoms with E-state index in [0.717, 1.165) is 27.4 Å². The molecule has 3 aromatic carbocycles. The van der Waals surface area contributed by atoms with Crippen molar-refractivity contribution in [2.45, 2.75) is 0 Å². The lowest BCUT2D eigenvalue weighted by Crippen LogP contribution is -2.27. The van der Waals surface area contributed by atoms with Gasteiger partial charge >= 0.3 is 0 Å². The average Bonchev–Trinajstić information content (AvgIpc) is 3.01. The quantitative estimate of drug-likeness (QED) is 0.498. The summed E-state index contributed by atoms with van der Waals surface area (Å²) < 4.78 is 10.8. The lowest BCUT2D eigenvalue weighted by molar-refractivity contribution is -0.113. The summed E-state index contributed by atoms with van der Waals surface area (Å²) in [6.07, 6.45) is 1.70. The summed E-state index contributed by atoms with van der Waals surface area (Å²) in [5.41, 5.74) is 1.19. The molecule has 0 radical (unpaired) electrons. The van der Waals surface area contributed by atoms with E-state index in [4.69, 9.17) is 21.1 Å². The first-order chi connectivity index (χ1) is 14.0. The normalized spacial score (nSPS) is 15.4. The summed E-state index contributed by atoms with van der Waals surface area (Å²) in [5.74, 6) is 0.906. The number of carbonyl (C=O) groups is 2. The lowest BCUT2D eigenvalue weighted by atomic mass is 10.0. The Morgan fingerprint density at radius 3 is 2.38 bits per heavy atom. The summed E-state index contributed by atoms with van der Waals surface area (Å²) in [5, 5.41) is 2.00. The molecule has 1 aliphatic rings. The van der Waals surface area contributed by atoms with Gasteiger partial charge in [0, 0.05) is 10.6 Å². The number of rotatable bonds is 4. The van der Waals surface area contributed by atoms with Gasteiger partial charge in [0.25, 0.3) is 11.1 Å². The standard InChI is InChI=1S/C22H16ClNO4S/c1-27-16-9-3-13-4-10-19(28-2)18(17(13)11-16)12-20-21(25)24(22(26)29-20)15-7-5-14(23)6-8-15/h3-12H,1-2H3/b20-12+. The van der Waals surface area contributed by atoms with Gasteiger partial charge in [0.1, 0.15) is 11.5 Å². The van der Waals surface area contributed by atoms with Crippen LogP contribution in [-0.2, 0) is 4.79 Å². The Morgan fingerprint density at radius 1 is 0.966 bits per heavy atom. The molecule has 1 saturated heterocycles. The molecule has 29 heavy (non-hydrogen) atoms. The zero-order valence-electron chi connectivity index (χ0n) is 15.6. The fourth-order valence-corrected chi connectivity index (χ4v) is 4.12. The molecule has 1 heterocycles. The third-order valence-electron chi connectivity index (χ3n) is 4.60. The van der Waals surface area contributed by atoms with Crippen molar-refractivity contribution in [2.24, 2.45) is 0 Å². The van der Waals surface area contributed by atoms with Crippen LogP contribution < -0.4 is 14.4 Å². The molecule has 4 rings (SSSR count). The fourth-order valence-electron chi connectivity index (χ4n) is 3.17. The SMILES string of the molecule is COc1ccc2ccc(OC)c(/C=C3/SC(=O)N(c4ccc(Cl)cc4)C3=O)c2c1. The molecule has 5 nitrogen and oxygen atoms in total. The van der Waals surface area contributed by atoms with Gasteiger partial charge in [0.2, 0.25) is 0 Å². The van der Waals surface area contributed by atoms with E-state index in [0.29, 0.717) is 32.7 Å². The van der Waals surface area contributed by atoms with Gasteiger partial charge < -0.3 is 9.47 Å². The molecule has 7 heteroatoms. The number of hydrogen-bond acceptors (Lipinski definition) is 5. The Kier molecular flexibility index (Phi) is 5.22. The molecule has 0 aromatic heterocycles. The molecular weight excluding hydrogens is 410 g/mol. The van der Waals surface area contributed by atoms with Crippen LogP contribution in [0.1, 0.15) is 5.56 Å². The number of methoxy groups -OCH3 is 2. The van der Waals surface area contributed by atoms with Crippen LogP contribution in [-0.4, -0.2) is 25.4 Å². The van der Waals surface area contributed by atoms with Crippen LogP contribution in [0.3, 0.4) is 0 Å². The van der Waals surface area contributed by atoms with Crippen molar-refractivity contribution in [1.29, 1.82) is 0 Å². The Morgan fingerprint density at radius 2 is 1.69 bits per heavy atom. The first kappa shape index (κ1) is 19.4. The number of imide groups is 1. The second kappa shape index (κ2) is 7.81. The molecule has 0 spiro atoms. The molecular formula is C22H16ClNO4S. The monoisotopic (exact) mass is 425 g/mol. The van der Waals surface area contributed by atoms with Crippen molar-refractivity contribution in [1.82, 2.24) is 0 Å². The summed E-state index contributed by atoms with van der Waals surface area (Å²) >= 11 is 6.80. The van der Waals surface area contributed by atoms with Gasteiger partial charge in [-0.05, 0) is 71.1 Å². The number of thioether (sulfide) groups is 1. The first-order valence-corrected chi connectivity index (χ1v) is 9.89. The van der Waals surface area contributed by atoms with Crippen molar-refractivity contribution >= 4 is 57.0 Å². The van der Waals surface area contributed by atoms with Crippen LogP contribution in [0, 0.1) is 0 Å². The number of benzene rings is 3. The van der Waals surface area contributed by atoms with Gasteiger partial charge in [-0.3, -0.25) is 9.59 Å². The Labute approximate surface area is 176 Å². The average molecular weight is 426 g/mol. The summed E-state index contributed by atoms with van der Waals surface area (Å²) in [6.45, 7) is 0. The molecule has 1 aliphatic heterocycles. The van der Waals surface area contributed by atoms with E-state index in [1.165, 1.54) is 0 Å². The van der Waals surface area contributed by atoms with Crippen molar-refractivity contribution in [2.75, 3.05) is 19.1 Å². The molecule has 0 saturated carbocycles. The highest BCUT2D eigenvalue weighted by atomic mass is 35.5. The molecule has 1 fully saturated rings. The van der Waals surface area contributed by atoms with Crippen LogP contribution in [0.4, 0.5) is 10.5 Å². The second-order valence-corrected chi connectivity index (χ2v) is 7.69. The highest BCUT2D eigenvalue weighted by Crippen LogP contribution is 2.39. The van der Waals surface area contributed by atoms with Crippen LogP contribution >= 0.6 is 23.4 Å². The topological polar surface area (TPSA) is 55.8 Å². The Bertz CT molecular complexity index is 1150. The molecule has 3 aromatic rings. The van der Waals surface area contributed by atoms with E-state index < -0.39 is 0 Å². The van der Waals surface area contributed by atoms with Crippen molar-refractivity contribution in [3.05, 3.63) is 70.1 Å². The number of carbonyl (C=O) groups excluding carboxylic acids is 2. The first-order valence-electron chi connectivity index (χ1n) is 8.70. The molecule has 0 unspecified atom stereocenters. The van der Waals surface area contributed by atoms with Gasteiger partial charge in [0.15, 0.2) is 0 Å². The maximum Gasteiger partial charge on any atom is 0.298 e. The highest BCUT2D eigenvalue weighted by molar-refractivity contribution is 8.19. The van der Waals surface area contributed by atoms with E-state index in [1.807, 2.05) is 30.3 Å². The van der Waals surface area contributed by atoms with E-state index in [2.05, 4.69) is 0 Å². The van der Waals surface area contributed by atoms with E-state index in [9.17, 15) is 9.59 Å². The van der Waals surface area contributed by atoms with Crippen LogP contribution in [0.25, 0.3) is 16.8 Å². The van der Waals surface area contributed by atoms with Crippen molar-refractivity contribution in [3.8, 4) is 11.5 Å². The number of halogens is 1. The van der Waals surface area contributed by atoms with Gasteiger partial charge in [0.05, 0.1) is 24.8 Å². The van der Waals surface area contributed by atoms with Crippen LogP contribution in [0.2, 0.25) is 5.02 Å². The summed E-state index contributed by atoms with van der Waals surface area (Å²) in [4.78, 5) is 27.0. The molecule has 0 N–H and O–H groups in total. The minimum Gasteiger partial charge on any atom is -0.497 e. The molecule has 0 aliphatic carbocycles. The van der Waals surface area contributed by atoms with Gasteiger partial charge in [-0.1, -0.05) is 23.7 Å². The highest BCUT2D eigenvalue weighted by Gasteiger charge is 2.36. The van der Waals surface area contributed by atoms with E-state index >= 15 is 0 Å². The number of anilines is 1. The molecule has 146 valence electrons. The zero-order valence-corrected chi connectivity index (χ0v) is 17.2. The zero-order chi connectivity index (χ0) is 20.5. The minimum absolute atomic E-state index is 0.318. The van der Waals surface area contributed by atoms with Crippen LogP contribution in [0.15, 0.2) is 59.5 Å². The molecule has 0 bridgehead atoms. The Hall–Kier alpha value is -2.96. The van der Waals surface area contributed by atoms with Gasteiger partial charge in [-0.2, -0.15) is 0 Å². The second-order valence-electron chi connectivity index (χ2n) is 6.26. The lowest BCUT2D eigenvalue weighted by Gasteiger charge is -2.13. The van der Waals surface area contributed by atoms with Gasteiger partial charge in [-0.25, -0.2) is 4.90 Å². The number of fused-ring (bicyclic) bond motifs is 1. The number of ether oxygens (including phenoxy) is 2. The predicted octanol–water partition coefficient (Wildman–Crippen LogP) is 5.75. The molecule has 2 amide bonds. The smallest absolute Gasteiger partial charge is 0.298 e. The van der Waals surface area contributed by atoms with E-state index in [-0.39, 0.29) is 11.1 Å². The Balaban J connectivity index is 1.81.